The molecule has 0 saturated carbocycles. The molecule has 0 aromatic heterocycles. The largest absolute Gasteiger partial charge is 0.493 e. The summed E-state index contributed by atoms with van der Waals surface area (Å²) in [6, 6.07) is 6.15. The van der Waals surface area contributed by atoms with Crippen LogP contribution in [0.15, 0.2) is 18.2 Å². The van der Waals surface area contributed by atoms with Gasteiger partial charge in [-0.3, -0.25) is 9.69 Å². The van der Waals surface area contributed by atoms with Crippen molar-refractivity contribution in [2.45, 2.75) is 18.9 Å². The average Bonchev–Trinajstić information content (AvgIpc) is 2.94. The van der Waals surface area contributed by atoms with Gasteiger partial charge in [-0.2, -0.15) is 0 Å². The van der Waals surface area contributed by atoms with Crippen molar-refractivity contribution in [2.24, 2.45) is 0 Å². The molecule has 5 heteroatoms. The molecule has 1 heterocycles. The van der Waals surface area contributed by atoms with Crippen molar-refractivity contribution in [1.29, 1.82) is 0 Å². The zero-order chi connectivity index (χ0) is 14.5. The first-order chi connectivity index (χ1) is 9.69. The van der Waals surface area contributed by atoms with Gasteiger partial charge in [0.15, 0.2) is 11.5 Å². The summed E-state index contributed by atoms with van der Waals surface area (Å²) in [6.45, 7) is 1.24. The molecule has 110 valence electrons. The van der Waals surface area contributed by atoms with Crippen LogP contribution in [0.2, 0.25) is 0 Å². The first kappa shape index (κ1) is 14.7. The van der Waals surface area contributed by atoms with Crippen molar-refractivity contribution in [3.05, 3.63) is 23.8 Å². The Bertz CT molecular complexity index is 475. The summed E-state index contributed by atoms with van der Waals surface area (Å²) in [5.41, 5.74) is 1.14. The lowest BCUT2D eigenvalue weighted by molar-refractivity contribution is -0.142. The quantitative estimate of drug-likeness (QED) is 0.772. The third-order valence-electron chi connectivity index (χ3n) is 3.72. The predicted molar refractivity (Wildman–Crippen MR) is 75.1 cm³/mol. The van der Waals surface area contributed by atoms with Crippen LogP contribution in [0.1, 0.15) is 24.4 Å². The first-order valence-corrected chi connectivity index (χ1v) is 6.72. The highest BCUT2D eigenvalue weighted by Gasteiger charge is 2.28. The van der Waals surface area contributed by atoms with Crippen LogP contribution in [-0.2, 0) is 9.53 Å². The number of carbonyl (C=O) groups is 1. The third kappa shape index (κ3) is 3.04. The summed E-state index contributed by atoms with van der Waals surface area (Å²) in [5, 5.41) is 0. The summed E-state index contributed by atoms with van der Waals surface area (Å²) in [6.07, 6.45) is 2.11. The summed E-state index contributed by atoms with van der Waals surface area (Å²) in [4.78, 5) is 13.6. The monoisotopic (exact) mass is 279 g/mol. The van der Waals surface area contributed by atoms with Crippen LogP contribution in [0, 0.1) is 0 Å². The second-order valence-corrected chi connectivity index (χ2v) is 4.82. The van der Waals surface area contributed by atoms with E-state index < -0.39 is 0 Å². The minimum Gasteiger partial charge on any atom is -0.493 e. The van der Waals surface area contributed by atoms with Crippen LogP contribution in [0.4, 0.5) is 0 Å². The Morgan fingerprint density at radius 1 is 1.25 bits per heavy atom. The van der Waals surface area contributed by atoms with Gasteiger partial charge in [0.2, 0.25) is 0 Å². The fraction of sp³-hybridized carbons (Fsp3) is 0.533. The highest BCUT2D eigenvalue weighted by atomic mass is 16.5. The zero-order valence-corrected chi connectivity index (χ0v) is 12.2. The van der Waals surface area contributed by atoms with Crippen LogP contribution in [0.25, 0.3) is 0 Å². The van der Waals surface area contributed by atoms with Crippen LogP contribution >= 0.6 is 0 Å². The van der Waals surface area contributed by atoms with Gasteiger partial charge in [0.1, 0.15) is 0 Å². The van der Waals surface area contributed by atoms with Gasteiger partial charge < -0.3 is 14.2 Å². The Kier molecular flexibility index (Phi) is 4.84. The number of carbonyl (C=O) groups excluding carboxylic acids is 1. The van der Waals surface area contributed by atoms with Crippen molar-refractivity contribution in [3.8, 4) is 11.5 Å². The van der Waals surface area contributed by atoms with Gasteiger partial charge in [-0.25, -0.2) is 0 Å². The summed E-state index contributed by atoms with van der Waals surface area (Å²) in [7, 11) is 4.67. The number of rotatable bonds is 5. The van der Waals surface area contributed by atoms with E-state index in [-0.39, 0.29) is 12.0 Å². The van der Waals surface area contributed by atoms with Crippen LogP contribution in [0.5, 0.6) is 11.5 Å². The van der Waals surface area contributed by atoms with Gasteiger partial charge in [0, 0.05) is 6.04 Å². The van der Waals surface area contributed by atoms with E-state index in [1.165, 1.54) is 7.11 Å². The number of likely N-dealkylation sites (tertiary alicyclic amines) is 1. The minimum absolute atomic E-state index is 0.197. The lowest BCUT2D eigenvalue weighted by atomic mass is 10.0. The molecular formula is C15H21NO4. The van der Waals surface area contributed by atoms with E-state index in [1.807, 2.05) is 18.2 Å². The Morgan fingerprint density at radius 2 is 2.00 bits per heavy atom. The van der Waals surface area contributed by atoms with E-state index in [2.05, 4.69) is 4.90 Å². The fourth-order valence-corrected chi connectivity index (χ4v) is 2.68. The maximum Gasteiger partial charge on any atom is 0.319 e. The summed E-state index contributed by atoms with van der Waals surface area (Å²) in [5.74, 6) is 1.24. The van der Waals surface area contributed by atoms with E-state index in [1.54, 1.807) is 14.2 Å². The van der Waals surface area contributed by atoms with Gasteiger partial charge in [0.25, 0.3) is 0 Å². The third-order valence-corrected chi connectivity index (χ3v) is 3.72. The zero-order valence-electron chi connectivity index (χ0n) is 12.2. The van der Waals surface area contributed by atoms with E-state index in [0.29, 0.717) is 12.3 Å². The molecule has 0 aliphatic carbocycles. The normalized spacial score (nSPS) is 18.9. The number of ether oxygens (including phenoxy) is 3. The highest BCUT2D eigenvalue weighted by molar-refractivity contribution is 5.71. The lowest BCUT2D eigenvalue weighted by Gasteiger charge is -2.24. The molecule has 1 aromatic rings. The Hall–Kier alpha value is -1.75. The Balaban J connectivity index is 2.19. The molecule has 1 saturated heterocycles. The standard InChI is InChI=1S/C15H21NO4/c1-18-13-7-6-11(9-14(13)19-2)12-5-4-8-16(12)10-15(17)20-3/h6-7,9,12H,4-5,8,10H2,1-3H3. The van der Waals surface area contributed by atoms with E-state index in [4.69, 9.17) is 14.2 Å². The first-order valence-electron chi connectivity index (χ1n) is 6.72. The molecule has 20 heavy (non-hydrogen) atoms. The number of methoxy groups -OCH3 is 3. The molecule has 1 aromatic carbocycles. The van der Waals surface area contributed by atoms with Crippen molar-refractivity contribution >= 4 is 5.97 Å². The molecule has 1 fully saturated rings. The fourth-order valence-electron chi connectivity index (χ4n) is 2.68. The van der Waals surface area contributed by atoms with Crippen molar-refractivity contribution in [2.75, 3.05) is 34.4 Å². The van der Waals surface area contributed by atoms with Crippen molar-refractivity contribution in [3.63, 3.8) is 0 Å². The Labute approximate surface area is 119 Å². The average molecular weight is 279 g/mol. The molecular weight excluding hydrogens is 258 g/mol. The molecule has 0 radical (unpaired) electrons. The van der Waals surface area contributed by atoms with Gasteiger partial charge in [-0.1, -0.05) is 6.07 Å². The Morgan fingerprint density at radius 3 is 2.65 bits per heavy atom. The highest BCUT2D eigenvalue weighted by Crippen LogP contribution is 2.36. The van der Waals surface area contributed by atoms with Crippen molar-refractivity contribution in [1.82, 2.24) is 4.90 Å². The molecule has 1 unspecified atom stereocenters. The molecule has 0 amide bonds. The van der Waals surface area contributed by atoms with E-state index in [9.17, 15) is 4.79 Å². The molecule has 1 atom stereocenters. The number of nitrogens with zero attached hydrogens (tertiary/aromatic N) is 1. The molecule has 1 aliphatic heterocycles. The predicted octanol–water partition coefficient (Wildman–Crippen LogP) is 2.01. The van der Waals surface area contributed by atoms with Crippen LogP contribution in [0.3, 0.4) is 0 Å². The molecule has 0 N–H and O–H groups in total. The van der Waals surface area contributed by atoms with Gasteiger partial charge in [-0.05, 0) is 37.1 Å². The van der Waals surface area contributed by atoms with Crippen LogP contribution in [-0.4, -0.2) is 45.3 Å². The van der Waals surface area contributed by atoms with E-state index >= 15 is 0 Å². The topological polar surface area (TPSA) is 48.0 Å². The minimum atomic E-state index is -0.197. The lowest BCUT2D eigenvalue weighted by Crippen LogP contribution is -2.30. The van der Waals surface area contributed by atoms with Crippen molar-refractivity contribution < 1.29 is 19.0 Å². The summed E-state index contributed by atoms with van der Waals surface area (Å²) < 4.78 is 15.3. The molecule has 0 bridgehead atoms. The van der Waals surface area contributed by atoms with Gasteiger partial charge in [-0.15, -0.1) is 0 Å². The molecule has 2 rings (SSSR count). The SMILES string of the molecule is COC(=O)CN1CCCC1c1ccc(OC)c(OC)c1. The maximum absolute atomic E-state index is 11.5. The smallest absolute Gasteiger partial charge is 0.319 e. The van der Waals surface area contributed by atoms with Crippen LogP contribution < -0.4 is 9.47 Å². The summed E-state index contributed by atoms with van der Waals surface area (Å²) >= 11 is 0. The number of hydrogen-bond donors (Lipinski definition) is 0. The second-order valence-electron chi connectivity index (χ2n) is 4.82. The van der Waals surface area contributed by atoms with E-state index in [0.717, 1.165) is 30.7 Å². The number of esters is 1. The second kappa shape index (κ2) is 6.61. The maximum atomic E-state index is 11.5. The molecule has 5 nitrogen and oxygen atoms in total. The van der Waals surface area contributed by atoms with Gasteiger partial charge >= 0.3 is 5.97 Å². The number of hydrogen-bond acceptors (Lipinski definition) is 5. The number of benzene rings is 1. The van der Waals surface area contributed by atoms with Gasteiger partial charge in [0.05, 0.1) is 27.9 Å². The molecule has 0 spiro atoms. The molecule has 1 aliphatic rings.